The van der Waals surface area contributed by atoms with E-state index in [1.807, 2.05) is 36.5 Å². The number of rotatable bonds is 16. The van der Waals surface area contributed by atoms with Crippen LogP contribution in [0.4, 0.5) is 0 Å². The third-order valence-electron chi connectivity index (χ3n) is 15.1. The van der Waals surface area contributed by atoms with Crippen LogP contribution in [-0.2, 0) is 31.6 Å². The van der Waals surface area contributed by atoms with E-state index >= 15 is 0 Å². The first-order valence-corrected chi connectivity index (χ1v) is 26.4. The number of piperidine rings is 1. The molecule has 0 bridgehead atoms. The average Bonchev–Trinajstić information content (AvgIpc) is 3.81. The van der Waals surface area contributed by atoms with Gasteiger partial charge in [-0.15, -0.1) is 0 Å². The Bertz CT molecular complexity index is 2470. The number of nitrogens with zero attached hydrogens (tertiary/aromatic N) is 3. The Kier molecular flexibility index (Phi) is 14.8. The Morgan fingerprint density at radius 3 is 2.39 bits per heavy atom. The number of carbonyl (C=O) groups is 2. The van der Waals surface area contributed by atoms with Gasteiger partial charge in [0.05, 0.1) is 28.3 Å². The molecule has 360 valence electrons. The summed E-state index contributed by atoms with van der Waals surface area (Å²) < 4.78 is 38.3. The van der Waals surface area contributed by atoms with Crippen LogP contribution in [-0.4, -0.2) is 100 Å². The molecule has 2 unspecified atom stereocenters. The summed E-state index contributed by atoms with van der Waals surface area (Å²) in [6.45, 7) is 14.2. The largest absolute Gasteiger partial charge is 0.489 e. The molecule has 4 heterocycles. The molecule has 2 amide bonds. The molecule has 3 aromatic carbocycles. The first-order chi connectivity index (χ1) is 32.0. The number of fused-ring (bicyclic) bond motifs is 1. The molecule has 13 nitrogen and oxygen atoms in total. The quantitative estimate of drug-likeness (QED) is 0.107. The van der Waals surface area contributed by atoms with Crippen LogP contribution in [0.5, 0.6) is 17.2 Å². The van der Waals surface area contributed by atoms with Crippen molar-refractivity contribution >= 4 is 38.8 Å². The molecule has 8 rings (SSSR count). The number of nitriles is 1. The number of halogens is 1. The molecule has 15 heteroatoms. The number of likely N-dealkylation sites (tertiary alicyclic amines) is 1. The minimum atomic E-state index is -3.25. The van der Waals surface area contributed by atoms with Crippen molar-refractivity contribution in [3.63, 3.8) is 0 Å². The monoisotopic (exact) mass is 953 g/mol. The molecule has 67 heavy (non-hydrogen) atoms. The van der Waals surface area contributed by atoms with Crippen molar-refractivity contribution in [3.8, 4) is 23.3 Å². The van der Waals surface area contributed by atoms with Crippen LogP contribution in [0.2, 0.25) is 5.02 Å². The van der Waals surface area contributed by atoms with Crippen molar-refractivity contribution in [2.24, 2.45) is 28.6 Å². The second-order valence-corrected chi connectivity index (χ2v) is 23.4. The summed E-state index contributed by atoms with van der Waals surface area (Å²) in [5.74, 6) is 2.60. The van der Waals surface area contributed by atoms with E-state index in [1.54, 1.807) is 37.1 Å². The lowest BCUT2D eigenvalue weighted by molar-refractivity contribution is -0.174. The smallest absolute Gasteiger partial charge is 0.244 e. The summed E-state index contributed by atoms with van der Waals surface area (Å²) in [6, 6.07) is 20.7. The van der Waals surface area contributed by atoms with Gasteiger partial charge >= 0.3 is 0 Å². The van der Waals surface area contributed by atoms with E-state index in [4.69, 9.17) is 21.1 Å². The molecule has 0 radical (unpaired) electrons. The van der Waals surface area contributed by atoms with Gasteiger partial charge in [-0.25, -0.2) is 8.42 Å². The summed E-state index contributed by atoms with van der Waals surface area (Å²) >= 11 is 6.28. The molecule has 3 saturated heterocycles. The van der Waals surface area contributed by atoms with E-state index in [2.05, 4.69) is 72.1 Å². The Hall–Kier alpha value is -4.49. The zero-order valence-corrected chi connectivity index (χ0v) is 41.4. The molecule has 0 aromatic heterocycles. The van der Waals surface area contributed by atoms with Crippen molar-refractivity contribution in [1.29, 1.82) is 5.26 Å². The van der Waals surface area contributed by atoms with Crippen LogP contribution in [0.3, 0.4) is 0 Å². The van der Waals surface area contributed by atoms with Crippen molar-refractivity contribution in [3.05, 3.63) is 94.1 Å². The topological polar surface area (TPSA) is 165 Å². The van der Waals surface area contributed by atoms with Gasteiger partial charge in [-0.3, -0.25) is 25.1 Å². The maximum absolute atomic E-state index is 13.6. The minimum absolute atomic E-state index is 0.0173. The Labute approximate surface area is 402 Å². The van der Waals surface area contributed by atoms with Gasteiger partial charge in [0.2, 0.25) is 11.8 Å². The Balaban J connectivity index is 0.776. The van der Waals surface area contributed by atoms with Gasteiger partial charge in [0.25, 0.3) is 0 Å². The number of nitrogens with one attached hydrogen (secondary N) is 4. The fraction of sp³-hybridized carbons (Fsp3) is 0.558. The zero-order chi connectivity index (χ0) is 47.7. The molecule has 1 saturated carbocycles. The van der Waals surface area contributed by atoms with Gasteiger partial charge in [-0.1, -0.05) is 77.3 Å². The lowest BCUT2D eigenvalue weighted by Crippen LogP contribution is -2.75. The number of hydrogen-bond acceptors (Lipinski definition) is 11. The Morgan fingerprint density at radius 2 is 1.69 bits per heavy atom. The van der Waals surface area contributed by atoms with E-state index in [0.29, 0.717) is 46.7 Å². The van der Waals surface area contributed by atoms with Crippen LogP contribution in [0.15, 0.2) is 66.9 Å². The maximum Gasteiger partial charge on any atom is 0.244 e. The lowest BCUT2D eigenvalue weighted by Gasteiger charge is -2.63. The Morgan fingerprint density at radius 1 is 0.940 bits per heavy atom. The van der Waals surface area contributed by atoms with Gasteiger partial charge in [-0.05, 0) is 97.7 Å². The number of hydrogen-bond donors (Lipinski definition) is 4. The van der Waals surface area contributed by atoms with E-state index in [0.717, 1.165) is 75.0 Å². The molecule has 3 aromatic rings. The summed E-state index contributed by atoms with van der Waals surface area (Å²) in [7, 11) is -1.48. The number of likely N-dealkylation sites (N-methyl/N-ethyl adjacent to an activating group) is 1. The lowest BCUT2D eigenvalue weighted by atomic mass is 9.49. The highest BCUT2D eigenvalue weighted by Gasteiger charge is 2.64. The van der Waals surface area contributed by atoms with Crippen LogP contribution in [0.1, 0.15) is 95.4 Å². The molecule has 5 aliphatic rings. The summed E-state index contributed by atoms with van der Waals surface area (Å²) in [6.07, 6.45) is 9.31. The van der Waals surface area contributed by atoms with Crippen molar-refractivity contribution < 1.29 is 27.5 Å². The minimum Gasteiger partial charge on any atom is -0.489 e. The van der Waals surface area contributed by atoms with E-state index < -0.39 is 9.84 Å². The first kappa shape index (κ1) is 48.9. The number of benzene rings is 3. The van der Waals surface area contributed by atoms with E-state index in [-0.39, 0.29) is 70.5 Å². The SMILES string of the molecule is CCS(=O)(=O)Cc1ccc(Oc2cccc(CCCCC3CCN(C4NCC(C(=O)NC5C(C)(C)C(Oc6ccc(C#N)c(Cl)c6)C5(C)C)CN4)CC3)c2)c(C2=CN(C)C(=O)C3NCCC23)c1. The fourth-order valence-electron chi connectivity index (χ4n) is 11.6. The molecular formula is C52H68ClN7O6S. The zero-order valence-electron chi connectivity index (χ0n) is 39.9. The van der Waals surface area contributed by atoms with Gasteiger partial charge in [0, 0.05) is 79.6 Å². The third-order valence-corrected chi connectivity index (χ3v) is 17.1. The highest BCUT2D eigenvalue weighted by Crippen LogP contribution is 2.55. The van der Waals surface area contributed by atoms with Gasteiger partial charge in [0.15, 0.2) is 9.84 Å². The highest BCUT2D eigenvalue weighted by molar-refractivity contribution is 7.90. The van der Waals surface area contributed by atoms with Crippen LogP contribution in [0, 0.1) is 39.9 Å². The predicted octanol–water partition coefficient (Wildman–Crippen LogP) is 7.25. The van der Waals surface area contributed by atoms with E-state index in [1.165, 1.54) is 12.0 Å². The van der Waals surface area contributed by atoms with Gasteiger partial charge in [0.1, 0.15) is 35.7 Å². The molecular weight excluding hydrogens is 886 g/mol. The molecule has 4 N–H and O–H groups in total. The number of unbranched alkanes of at least 4 members (excludes halogenated alkanes) is 1. The van der Waals surface area contributed by atoms with Crippen LogP contribution in [0.25, 0.3) is 5.57 Å². The van der Waals surface area contributed by atoms with E-state index in [9.17, 15) is 23.3 Å². The number of amides is 2. The molecule has 4 fully saturated rings. The third kappa shape index (κ3) is 10.7. The second-order valence-electron chi connectivity index (χ2n) is 20.6. The van der Waals surface area contributed by atoms with Crippen molar-refractivity contribution in [1.82, 2.24) is 31.1 Å². The van der Waals surface area contributed by atoms with Crippen LogP contribution < -0.4 is 30.7 Å². The highest BCUT2D eigenvalue weighted by atomic mass is 35.5. The summed E-state index contributed by atoms with van der Waals surface area (Å²) in [5.41, 5.74) is 3.51. The number of sulfone groups is 1. The predicted molar refractivity (Wildman–Crippen MR) is 262 cm³/mol. The maximum atomic E-state index is 13.6. The molecule has 0 spiro atoms. The molecule has 1 aliphatic carbocycles. The van der Waals surface area contributed by atoms with Crippen molar-refractivity contribution in [2.75, 3.05) is 45.5 Å². The molecule has 4 aliphatic heterocycles. The first-order valence-electron chi connectivity index (χ1n) is 24.2. The van der Waals surface area contributed by atoms with Gasteiger partial charge < -0.3 is 25.0 Å². The number of ether oxygens (including phenoxy) is 2. The second kappa shape index (κ2) is 20.2. The standard InChI is InChI=1S/C52H68ClN7O6S/c1-7-67(63,64)32-35-15-18-44(41(26-35)42-31-59(6)47(62)45-40(42)19-22-55-45)65-38-14-10-13-34(25-38)12-9-8-11-33-20-23-60(24-21-33)50-56-29-37(30-57-50)46(61)58-48-51(2,3)49(52(48,4)5)66-39-17-16-36(28-54)43(53)27-39/h10,13-18,25-27,31,33,37,40,45,48-50,55-57H,7-9,11-12,19-24,29-30,32H2,1-6H3,(H,58,61). The average molecular weight is 955 g/mol. The molecule has 2 atom stereocenters. The van der Waals surface area contributed by atoms with Crippen LogP contribution >= 0.6 is 11.6 Å². The fourth-order valence-corrected chi connectivity index (χ4v) is 12.7. The van der Waals surface area contributed by atoms with Gasteiger partial charge in [-0.2, -0.15) is 5.26 Å². The normalized spacial score (nSPS) is 26.2. The van der Waals surface area contributed by atoms with Crippen molar-refractivity contribution in [2.45, 2.75) is 110 Å². The summed E-state index contributed by atoms with van der Waals surface area (Å²) in [4.78, 5) is 30.7. The summed E-state index contributed by atoms with van der Waals surface area (Å²) in [5, 5.41) is 23.6. The number of aryl methyl sites for hydroxylation is 1. The number of carbonyl (C=O) groups excluding carboxylic acids is 2.